The zero-order valence-electron chi connectivity index (χ0n) is 9.52. The van der Waals surface area contributed by atoms with Gasteiger partial charge in [0.05, 0.1) is 12.4 Å². The van der Waals surface area contributed by atoms with Crippen LogP contribution >= 0.6 is 0 Å². The Bertz CT molecular complexity index is 647. The lowest BCUT2D eigenvalue weighted by Crippen LogP contribution is -2.25. The summed E-state index contributed by atoms with van der Waals surface area (Å²) in [4.78, 5) is 4.27. The zero-order chi connectivity index (χ0) is 12.6. The van der Waals surface area contributed by atoms with Crippen LogP contribution in [0.1, 0.15) is 12.8 Å². The summed E-state index contributed by atoms with van der Waals surface area (Å²) in [5.74, 6) is 0.588. The molecule has 0 aliphatic heterocycles. The Labute approximate surface area is 105 Å². The van der Waals surface area contributed by atoms with Gasteiger partial charge in [0.15, 0.2) is 5.82 Å². The van der Waals surface area contributed by atoms with Gasteiger partial charge in [0, 0.05) is 12.2 Å². The van der Waals surface area contributed by atoms with Gasteiger partial charge in [0.1, 0.15) is 4.90 Å². The third-order valence-electron chi connectivity index (χ3n) is 2.65. The van der Waals surface area contributed by atoms with Crippen molar-refractivity contribution in [1.82, 2.24) is 19.5 Å². The predicted octanol–water partition coefficient (Wildman–Crippen LogP) is 0.708. The van der Waals surface area contributed by atoms with E-state index in [1.807, 2.05) is 6.07 Å². The number of nitrogens with one attached hydrogen (secondary N) is 1. The van der Waals surface area contributed by atoms with Crippen LogP contribution in [0.5, 0.6) is 0 Å². The minimum atomic E-state index is -3.45. The fraction of sp³-hybridized carbons (Fsp3) is 0.273. The molecule has 0 atom stereocenters. The second-order valence-corrected chi connectivity index (χ2v) is 5.92. The van der Waals surface area contributed by atoms with Crippen LogP contribution in [0.25, 0.3) is 5.82 Å². The maximum atomic E-state index is 11.9. The third-order valence-corrected chi connectivity index (χ3v) is 4.13. The minimum Gasteiger partial charge on any atom is -0.237 e. The Balaban J connectivity index is 1.89. The highest BCUT2D eigenvalue weighted by atomic mass is 32.2. The van der Waals surface area contributed by atoms with E-state index in [-0.39, 0.29) is 10.9 Å². The number of hydrogen-bond donors (Lipinski definition) is 1. The molecule has 0 saturated heterocycles. The minimum absolute atomic E-state index is 0.0909. The topological polar surface area (TPSA) is 76.9 Å². The SMILES string of the molecule is O=S(=O)(NC1CC1)c1cnn(-c2ccccn2)c1. The second-order valence-electron chi connectivity index (χ2n) is 4.20. The molecule has 2 aromatic heterocycles. The number of nitrogens with zero attached hydrogens (tertiary/aromatic N) is 3. The van der Waals surface area contributed by atoms with Crippen molar-refractivity contribution in [3.05, 3.63) is 36.8 Å². The van der Waals surface area contributed by atoms with Crippen LogP contribution in [0.3, 0.4) is 0 Å². The highest BCUT2D eigenvalue weighted by Crippen LogP contribution is 2.22. The predicted molar refractivity (Wildman–Crippen MR) is 64.7 cm³/mol. The lowest BCUT2D eigenvalue weighted by molar-refractivity contribution is 0.581. The Morgan fingerprint density at radius 1 is 1.33 bits per heavy atom. The summed E-state index contributed by atoms with van der Waals surface area (Å²) < 4.78 is 27.9. The Kier molecular flexibility index (Phi) is 2.64. The smallest absolute Gasteiger partial charge is 0.237 e. The van der Waals surface area contributed by atoms with E-state index in [1.165, 1.54) is 17.1 Å². The van der Waals surface area contributed by atoms with Gasteiger partial charge in [0.2, 0.25) is 10.0 Å². The molecule has 6 nitrogen and oxygen atoms in total. The molecule has 2 aromatic rings. The quantitative estimate of drug-likeness (QED) is 0.882. The van der Waals surface area contributed by atoms with Crippen molar-refractivity contribution in [2.45, 2.75) is 23.8 Å². The molecule has 1 saturated carbocycles. The van der Waals surface area contributed by atoms with Crippen LogP contribution in [0, 0.1) is 0 Å². The van der Waals surface area contributed by atoms with Crippen molar-refractivity contribution in [1.29, 1.82) is 0 Å². The molecule has 0 unspecified atom stereocenters. The average Bonchev–Trinajstić information content (AvgIpc) is 3.01. The van der Waals surface area contributed by atoms with E-state index in [0.717, 1.165) is 12.8 Å². The average molecular weight is 264 g/mol. The summed E-state index contributed by atoms with van der Waals surface area (Å²) in [5, 5.41) is 4.02. The van der Waals surface area contributed by atoms with E-state index >= 15 is 0 Å². The van der Waals surface area contributed by atoms with Crippen molar-refractivity contribution >= 4 is 10.0 Å². The monoisotopic (exact) mass is 264 g/mol. The third kappa shape index (κ3) is 2.27. The van der Waals surface area contributed by atoms with Crippen LogP contribution in [-0.4, -0.2) is 29.2 Å². The summed E-state index contributed by atoms with van der Waals surface area (Å²) in [7, 11) is -3.45. The Morgan fingerprint density at radius 2 is 2.17 bits per heavy atom. The normalized spacial score (nSPS) is 15.8. The molecule has 7 heteroatoms. The highest BCUT2D eigenvalue weighted by Gasteiger charge is 2.28. The molecule has 2 heterocycles. The molecule has 94 valence electrons. The van der Waals surface area contributed by atoms with E-state index in [1.54, 1.807) is 18.3 Å². The van der Waals surface area contributed by atoms with Gasteiger partial charge < -0.3 is 0 Å². The van der Waals surface area contributed by atoms with Gasteiger partial charge in [-0.3, -0.25) is 0 Å². The van der Waals surface area contributed by atoms with Crippen molar-refractivity contribution in [3.8, 4) is 5.82 Å². The van der Waals surface area contributed by atoms with Gasteiger partial charge >= 0.3 is 0 Å². The van der Waals surface area contributed by atoms with E-state index in [2.05, 4.69) is 14.8 Å². The first kappa shape index (κ1) is 11.4. The molecule has 0 amide bonds. The van der Waals surface area contributed by atoms with Crippen LogP contribution < -0.4 is 4.72 Å². The molecule has 0 bridgehead atoms. The van der Waals surface area contributed by atoms with Gasteiger partial charge in [-0.15, -0.1) is 0 Å². The van der Waals surface area contributed by atoms with Crippen LogP contribution in [0.2, 0.25) is 0 Å². The van der Waals surface area contributed by atoms with Gasteiger partial charge in [-0.1, -0.05) is 6.07 Å². The van der Waals surface area contributed by atoms with E-state index in [4.69, 9.17) is 0 Å². The highest BCUT2D eigenvalue weighted by molar-refractivity contribution is 7.89. The molecule has 0 radical (unpaired) electrons. The molecule has 3 rings (SSSR count). The molecule has 1 fully saturated rings. The second kappa shape index (κ2) is 4.18. The molecule has 1 aliphatic rings. The number of rotatable bonds is 4. The van der Waals surface area contributed by atoms with E-state index in [0.29, 0.717) is 5.82 Å². The molecule has 0 aromatic carbocycles. The first-order valence-corrected chi connectivity index (χ1v) is 7.12. The summed E-state index contributed by atoms with van der Waals surface area (Å²) in [6.45, 7) is 0. The van der Waals surface area contributed by atoms with Crippen molar-refractivity contribution in [2.24, 2.45) is 0 Å². The molecular formula is C11H12N4O2S. The summed E-state index contributed by atoms with van der Waals surface area (Å²) in [5.41, 5.74) is 0. The molecule has 1 aliphatic carbocycles. The fourth-order valence-electron chi connectivity index (χ4n) is 1.55. The summed E-state index contributed by atoms with van der Waals surface area (Å²) in [6.07, 6.45) is 6.25. The van der Waals surface area contributed by atoms with Gasteiger partial charge in [-0.05, 0) is 25.0 Å². The van der Waals surface area contributed by atoms with Gasteiger partial charge in [-0.25, -0.2) is 22.8 Å². The summed E-state index contributed by atoms with van der Waals surface area (Å²) in [6, 6.07) is 5.46. The first-order valence-electron chi connectivity index (χ1n) is 5.63. The fourth-order valence-corrected chi connectivity index (χ4v) is 2.78. The largest absolute Gasteiger partial charge is 0.243 e. The van der Waals surface area contributed by atoms with Crippen LogP contribution in [0.4, 0.5) is 0 Å². The number of sulfonamides is 1. The van der Waals surface area contributed by atoms with Crippen LogP contribution in [0.15, 0.2) is 41.7 Å². The maximum absolute atomic E-state index is 11.9. The van der Waals surface area contributed by atoms with Crippen molar-refractivity contribution < 1.29 is 8.42 Å². The van der Waals surface area contributed by atoms with Gasteiger partial charge in [0.25, 0.3) is 0 Å². The molecular weight excluding hydrogens is 252 g/mol. The lowest BCUT2D eigenvalue weighted by atomic mass is 10.5. The first-order chi connectivity index (χ1) is 8.65. The van der Waals surface area contributed by atoms with E-state index in [9.17, 15) is 8.42 Å². The maximum Gasteiger partial charge on any atom is 0.243 e. The number of aromatic nitrogens is 3. The lowest BCUT2D eigenvalue weighted by Gasteiger charge is -2.01. The molecule has 18 heavy (non-hydrogen) atoms. The number of pyridine rings is 1. The van der Waals surface area contributed by atoms with E-state index < -0.39 is 10.0 Å². The van der Waals surface area contributed by atoms with Crippen molar-refractivity contribution in [3.63, 3.8) is 0 Å². The molecule has 1 N–H and O–H groups in total. The van der Waals surface area contributed by atoms with Crippen molar-refractivity contribution in [2.75, 3.05) is 0 Å². The number of hydrogen-bond acceptors (Lipinski definition) is 4. The van der Waals surface area contributed by atoms with Gasteiger partial charge in [-0.2, -0.15) is 5.10 Å². The Morgan fingerprint density at radius 3 is 2.83 bits per heavy atom. The van der Waals surface area contributed by atoms with Crippen LogP contribution in [-0.2, 0) is 10.0 Å². The Hall–Kier alpha value is -1.73. The molecule has 0 spiro atoms. The standard InChI is InChI=1S/C11H12N4O2S/c16-18(17,14-9-4-5-9)10-7-13-15(8-10)11-3-1-2-6-12-11/h1-3,6-9,14H,4-5H2. The summed E-state index contributed by atoms with van der Waals surface area (Å²) >= 11 is 0. The zero-order valence-corrected chi connectivity index (χ0v) is 10.3.